The molecule has 1 aromatic carbocycles. The topological polar surface area (TPSA) is 38.3 Å². The molecule has 0 radical (unpaired) electrons. The maximum Gasteiger partial charge on any atom is 0.314 e. The summed E-state index contributed by atoms with van der Waals surface area (Å²) in [5.74, 6) is -0.434. The summed E-state index contributed by atoms with van der Waals surface area (Å²) in [6.07, 6.45) is 2.74. The number of fused-ring (bicyclic) bond motifs is 1. The molecule has 1 aliphatic heterocycles. The molecule has 0 saturated carbocycles. The third-order valence-electron chi connectivity index (χ3n) is 3.57. The van der Waals surface area contributed by atoms with Crippen molar-refractivity contribution in [3.63, 3.8) is 0 Å². The van der Waals surface area contributed by atoms with E-state index in [2.05, 4.69) is 24.9 Å². The number of hydrogen-bond donors (Lipinski definition) is 2. The Kier molecular flexibility index (Phi) is 5.75. The summed E-state index contributed by atoms with van der Waals surface area (Å²) < 4.78 is 5.37. The van der Waals surface area contributed by atoms with Crippen LogP contribution >= 0.6 is 24.2 Å². The van der Waals surface area contributed by atoms with Gasteiger partial charge >= 0.3 is 5.97 Å². The zero-order chi connectivity index (χ0) is 14.5. The predicted molar refractivity (Wildman–Crippen MR) is 83.9 cm³/mol. The summed E-state index contributed by atoms with van der Waals surface area (Å²) in [6, 6.07) is 3.73. The van der Waals surface area contributed by atoms with Gasteiger partial charge in [0.15, 0.2) is 0 Å². The molecule has 20 heavy (non-hydrogen) atoms. The Morgan fingerprint density at radius 1 is 1.55 bits per heavy atom. The number of hydrogen-bond acceptors (Lipinski definition) is 4. The van der Waals surface area contributed by atoms with Crippen LogP contribution < -0.4 is 5.32 Å². The number of rotatable bonds is 4. The van der Waals surface area contributed by atoms with Crippen molar-refractivity contribution in [1.29, 1.82) is 0 Å². The lowest BCUT2D eigenvalue weighted by Gasteiger charge is -2.18. The summed E-state index contributed by atoms with van der Waals surface area (Å²) in [7, 11) is 0. The summed E-state index contributed by atoms with van der Waals surface area (Å²) in [4.78, 5) is 13.0. The summed E-state index contributed by atoms with van der Waals surface area (Å²) >= 11 is 10.6. The average molecular weight is 314 g/mol. The molecule has 1 aliphatic rings. The van der Waals surface area contributed by atoms with Crippen LogP contribution in [-0.4, -0.2) is 25.7 Å². The maximum atomic E-state index is 12.3. The van der Waals surface area contributed by atoms with Crippen LogP contribution in [0.25, 0.3) is 0 Å². The van der Waals surface area contributed by atoms with Gasteiger partial charge in [-0.1, -0.05) is 31.0 Å². The SMILES string of the molecule is CCCCOC(=O)C1CNCCc2c1ccc(Cl)c2S. The molecular weight excluding hydrogens is 294 g/mol. The Morgan fingerprint density at radius 2 is 2.35 bits per heavy atom. The number of unbranched alkanes of at least 4 members (excludes halogenated alkanes) is 1. The van der Waals surface area contributed by atoms with E-state index in [9.17, 15) is 4.79 Å². The lowest BCUT2D eigenvalue weighted by atomic mass is 9.94. The van der Waals surface area contributed by atoms with Gasteiger partial charge in [-0.2, -0.15) is 0 Å². The molecule has 0 amide bonds. The van der Waals surface area contributed by atoms with E-state index in [1.54, 1.807) is 6.07 Å². The fourth-order valence-corrected chi connectivity index (χ4v) is 2.90. The van der Waals surface area contributed by atoms with Crippen molar-refractivity contribution in [3.8, 4) is 0 Å². The van der Waals surface area contributed by atoms with Crippen LogP contribution in [-0.2, 0) is 16.0 Å². The van der Waals surface area contributed by atoms with E-state index < -0.39 is 0 Å². The second-order valence-corrected chi connectivity index (χ2v) is 5.85. The third kappa shape index (κ3) is 3.48. The number of carbonyl (C=O) groups is 1. The van der Waals surface area contributed by atoms with Crippen molar-refractivity contribution >= 4 is 30.2 Å². The highest BCUT2D eigenvalue weighted by molar-refractivity contribution is 7.80. The van der Waals surface area contributed by atoms with Crippen LogP contribution in [0.5, 0.6) is 0 Å². The largest absolute Gasteiger partial charge is 0.465 e. The van der Waals surface area contributed by atoms with Crippen molar-refractivity contribution in [2.45, 2.75) is 37.0 Å². The fourth-order valence-electron chi connectivity index (χ4n) is 2.41. The van der Waals surface area contributed by atoms with Crippen molar-refractivity contribution in [2.75, 3.05) is 19.7 Å². The van der Waals surface area contributed by atoms with Crippen molar-refractivity contribution < 1.29 is 9.53 Å². The Balaban J connectivity index is 2.23. The molecule has 1 N–H and O–H groups in total. The highest BCUT2D eigenvalue weighted by Gasteiger charge is 2.27. The molecule has 3 nitrogen and oxygen atoms in total. The lowest BCUT2D eigenvalue weighted by Crippen LogP contribution is -2.27. The number of thiol groups is 1. The third-order valence-corrected chi connectivity index (χ3v) is 4.53. The van der Waals surface area contributed by atoms with E-state index in [0.29, 0.717) is 18.2 Å². The number of esters is 1. The van der Waals surface area contributed by atoms with Crippen LogP contribution in [0.1, 0.15) is 36.8 Å². The first-order valence-corrected chi connectivity index (χ1v) is 7.85. The van der Waals surface area contributed by atoms with Gasteiger partial charge in [-0.05, 0) is 36.6 Å². The van der Waals surface area contributed by atoms with Crippen LogP contribution in [0, 0.1) is 0 Å². The van der Waals surface area contributed by atoms with Gasteiger partial charge in [0.2, 0.25) is 0 Å². The molecule has 1 unspecified atom stereocenters. The van der Waals surface area contributed by atoms with Gasteiger partial charge in [0.05, 0.1) is 17.5 Å². The molecule has 0 saturated heterocycles. The number of halogens is 1. The van der Waals surface area contributed by atoms with Gasteiger partial charge in [-0.25, -0.2) is 0 Å². The highest BCUT2D eigenvalue weighted by atomic mass is 35.5. The normalized spacial score (nSPS) is 18.2. The second-order valence-electron chi connectivity index (χ2n) is 4.99. The fraction of sp³-hybridized carbons (Fsp3) is 0.533. The molecule has 2 rings (SSSR count). The monoisotopic (exact) mass is 313 g/mol. The van der Waals surface area contributed by atoms with Gasteiger partial charge in [0.25, 0.3) is 0 Å². The van der Waals surface area contributed by atoms with E-state index in [-0.39, 0.29) is 11.9 Å². The van der Waals surface area contributed by atoms with Crippen molar-refractivity contribution in [2.24, 2.45) is 0 Å². The van der Waals surface area contributed by atoms with Crippen LogP contribution in [0.3, 0.4) is 0 Å². The Hall–Kier alpha value is -0.710. The Bertz CT molecular complexity index is 493. The van der Waals surface area contributed by atoms with Gasteiger partial charge in [0, 0.05) is 11.4 Å². The molecule has 0 fully saturated rings. The number of nitrogens with one attached hydrogen (secondary N) is 1. The minimum Gasteiger partial charge on any atom is -0.465 e. The molecule has 110 valence electrons. The van der Waals surface area contributed by atoms with E-state index in [0.717, 1.165) is 41.8 Å². The molecule has 0 aliphatic carbocycles. The van der Waals surface area contributed by atoms with E-state index in [4.69, 9.17) is 16.3 Å². The molecule has 1 atom stereocenters. The molecular formula is C15H20ClNO2S. The molecule has 0 spiro atoms. The molecule has 1 heterocycles. The van der Waals surface area contributed by atoms with Crippen LogP contribution in [0.15, 0.2) is 17.0 Å². The van der Waals surface area contributed by atoms with Crippen molar-refractivity contribution in [1.82, 2.24) is 5.32 Å². The van der Waals surface area contributed by atoms with Gasteiger partial charge < -0.3 is 10.1 Å². The minimum atomic E-state index is -0.271. The number of carbonyl (C=O) groups excluding carboxylic acids is 1. The summed E-state index contributed by atoms with van der Waals surface area (Å²) in [6.45, 7) is 3.99. The number of ether oxygens (including phenoxy) is 1. The Morgan fingerprint density at radius 3 is 3.10 bits per heavy atom. The molecule has 1 aromatic rings. The molecule has 0 bridgehead atoms. The molecule has 0 aromatic heterocycles. The minimum absolute atomic E-state index is 0.163. The van der Waals surface area contributed by atoms with Crippen LogP contribution in [0.2, 0.25) is 5.02 Å². The number of benzene rings is 1. The summed E-state index contributed by atoms with van der Waals surface area (Å²) in [5.41, 5.74) is 2.05. The van der Waals surface area contributed by atoms with Crippen LogP contribution in [0.4, 0.5) is 0 Å². The average Bonchev–Trinajstić information content (AvgIpc) is 2.66. The van der Waals surface area contributed by atoms with Gasteiger partial charge in [-0.15, -0.1) is 12.6 Å². The van der Waals surface area contributed by atoms with Crippen molar-refractivity contribution in [3.05, 3.63) is 28.3 Å². The maximum absolute atomic E-state index is 12.3. The van der Waals surface area contributed by atoms with Gasteiger partial charge in [0.1, 0.15) is 0 Å². The summed E-state index contributed by atoms with van der Waals surface area (Å²) in [5, 5.41) is 3.92. The van der Waals surface area contributed by atoms with E-state index in [1.807, 2.05) is 6.07 Å². The zero-order valence-corrected chi connectivity index (χ0v) is 13.3. The van der Waals surface area contributed by atoms with E-state index >= 15 is 0 Å². The standard InChI is InChI=1S/C15H20ClNO2S/c1-2-3-8-19-15(18)12-9-17-7-6-11-10(12)4-5-13(16)14(11)20/h4-5,12,17,20H,2-3,6-9H2,1H3. The quantitative estimate of drug-likeness (QED) is 0.509. The lowest BCUT2D eigenvalue weighted by molar-refractivity contribution is -0.145. The zero-order valence-electron chi connectivity index (χ0n) is 11.6. The second kappa shape index (κ2) is 7.34. The first-order valence-electron chi connectivity index (χ1n) is 7.02. The first-order chi connectivity index (χ1) is 9.65. The molecule has 5 heteroatoms. The smallest absolute Gasteiger partial charge is 0.314 e. The van der Waals surface area contributed by atoms with E-state index in [1.165, 1.54) is 0 Å². The Labute approximate surface area is 130 Å². The van der Waals surface area contributed by atoms with Gasteiger partial charge in [-0.3, -0.25) is 4.79 Å². The predicted octanol–water partition coefficient (Wildman–Crippen LogP) is 3.20. The first kappa shape index (κ1) is 15.7. The highest BCUT2D eigenvalue weighted by Crippen LogP contribution is 2.33.